The fourth-order valence-corrected chi connectivity index (χ4v) is 10.8. The second-order valence-corrected chi connectivity index (χ2v) is 15.0. The summed E-state index contributed by atoms with van der Waals surface area (Å²) in [6.07, 6.45) is -5.37. The average molecular weight is 647 g/mol. The number of hydrogen-bond acceptors (Lipinski definition) is 13. The van der Waals surface area contributed by atoms with E-state index in [1.165, 1.54) is 6.26 Å². The molecule has 0 amide bonds. The van der Waals surface area contributed by atoms with Gasteiger partial charge in [-0.15, -0.1) is 0 Å². The van der Waals surface area contributed by atoms with Crippen molar-refractivity contribution in [3.63, 3.8) is 0 Å². The molecule has 6 fully saturated rings. The van der Waals surface area contributed by atoms with Crippen LogP contribution < -0.4 is 0 Å². The molecular weight excluding hydrogens is 604 g/mol. The predicted molar refractivity (Wildman–Crippen MR) is 152 cm³/mol. The second kappa shape index (κ2) is 10.1. The number of ketones is 1. The number of carbonyl (C=O) groups is 4. The van der Waals surface area contributed by atoms with Crippen LogP contribution in [-0.4, -0.2) is 94.1 Å². The number of ether oxygens (including phenoxy) is 5. The zero-order valence-corrected chi connectivity index (χ0v) is 26.7. The number of Topliss-reactive ketones (excluding diaryl/α,β-unsaturated/α-hetero) is 1. The topological polar surface area (TPSA) is 192 Å². The van der Waals surface area contributed by atoms with Crippen molar-refractivity contribution in [1.29, 1.82) is 0 Å². The normalized spacial score (nSPS) is 50.0. The van der Waals surface area contributed by atoms with Gasteiger partial charge in [0.25, 0.3) is 0 Å². The Morgan fingerprint density at radius 3 is 2.33 bits per heavy atom. The second-order valence-electron chi connectivity index (χ2n) is 15.0. The van der Waals surface area contributed by atoms with E-state index in [2.05, 4.69) is 0 Å². The molecule has 2 bridgehead atoms. The first-order valence-electron chi connectivity index (χ1n) is 16.0. The van der Waals surface area contributed by atoms with Crippen molar-refractivity contribution < 1.29 is 62.6 Å². The maximum Gasteiger partial charge on any atom is 0.310 e. The molecular formula is C33H42O13. The number of carbonyl (C=O) groups excluding carboxylic acids is 4. The van der Waals surface area contributed by atoms with E-state index >= 15 is 0 Å². The first-order valence-corrected chi connectivity index (χ1v) is 16.0. The van der Waals surface area contributed by atoms with Gasteiger partial charge in [0.1, 0.15) is 17.8 Å². The number of fused-ring (bicyclic) bond motifs is 1. The molecule has 13 nitrogen and oxygen atoms in total. The van der Waals surface area contributed by atoms with E-state index < -0.39 is 106 Å². The van der Waals surface area contributed by atoms with Gasteiger partial charge in [-0.25, -0.2) is 0 Å². The first-order chi connectivity index (χ1) is 21.6. The molecule has 2 saturated heterocycles. The van der Waals surface area contributed by atoms with Crippen LogP contribution in [0.1, 0.15) is 65.9 Å². The summed E-state index contributed by atoms with van der Waals surface area (Å²) >= 11 is 0. The Morgan fingerprint density at radius 2 is 1.72 bits per heavy atom. The summed E-state index contributed by atoms with van der Waals surface area (Å²) in [6, 6.07) is 1.80. The predicted octanol–water partition coefficient (Wildman–Crippen LogP) is 1.25. The van der Waals surface area contributed by atoms with Crippen molar-refractivity contribution in [2.75, 3.05) is 6.61 Å². The zero-order valence-electron chi connectivity index (χ0n) is 26.7. The van der Waals surface area contributed by atoms with E-state index in [1.807, 2.05) is 6.92 Å². The molecule has 2 aliphatic heterocycles. The number of aliphatic hydroxyl groups excluding tert-OH is 3. The fourth-order valence-electron chi connectivity index (χ4n) is 10.8. The lowest BCUT2D eigenvalue weighted by Crippen LogP contribution is -2.82. The third-order valence-corrected chi connectivity index (χ3v) is 12.6. The molecule has 1 aromatic heterocycles. The van der Waals surface area contributed by atoms with E-state index in [9.17, 15) is 34.5 Å². The summed E-state index contributed by atoms with van der Waals surface area (Å²) in [5, 5.41) is 36.6. The molecule has 1 spiro atoms. The van der Waals surface area contributed by atoms with E-state index in [-0.39, 0.29) is 25.0 Å². The van der Waals surface area contributed by atoms with Crippen LogP contribution in [0.15, 0.2) is 23.0 Å². The quantitative estimate of drug-likeness (QED) is 0.236. The lowest BCUT2D eigenvalue weighted by molar-refractivity contribution is -0.382. The van der Waals surface area contributed by atoms with Crippen LogP contribution in [0.3, 0.4) is 0 Å². The molecule has 4 aliphatic carbocycles. The minimum absolute atomic E-state index is 0.00790. The Hall–Kier alpha value is -2.84. The average Bonchev–Trinajstić information content (AvgIpc) is 3.31. The van der Waals surface area contributed by atoms with Gasteiger partial charge in [0, 0.05) is 42.4 Å². The molecule has 3 N–H and O–H groups in total. The number of esters is 3. The molecule has 4 saturated carbocycles. The van der Waals surface area contributed by atoms with Crippen molar-refractivity contribution in [2.45, 2.75) is 109 Å². The first kappa shape index (κ1) is 31.7. The number of epoxide rings is 1. The maximum absolute atomic E-state index is 14.8. The highest BCUT2D eigenvalue weighted by Crippen LogP contribution is 2.79. The summed E-state index contributed by atoms with van der Waals surface area (Å²) in [6.45, 7) is 8.72. The molecule has 46 heavy (non-hydrogen) atoms. The van der Waals surface area contributed by atoms with Gasteiger partial charge in [-0.05, 0) is 37.3 Å². The van der Waals surface area contributed by atoms with Gasteiger partial charge >= 0.3 is 17.9 Å². The van der Waals surface area contributed by atoms with Gasteiger partial charge < -0.3 is 43.4 Å². The van der Waals surface area contributed by atoms with Crippen LogP contribution in [0.4, 0.5) is 0 Å². The Bertz CT molecular complexity index is 1460. The van der Waals surface area contributed by atoms with Gasteiger partial charge in [-0.2, -0.15) is 0 Å². The van der Waals surface area contributed by atoms with Crippen LogP contribution in [-0.2, 0) is 42.9 Å². The molecule has 6 aliphatic rings. The van der Waals surface area contributed by atoms with Crippen LogP contribution >= 0.6 is 0 Å². The van der Waals surface area contributed by atoms with Gasteiger partial charge in [-0.3, -0.25) is 19.2 Å². The van der Waals surface area contributed by atoms with Crippen molar-refractivity contribution in [3.8, 4) is 0 Å². The van der Waals surface area contributed by atoms with Crippen molar-refractivity contribution in [1.82, 2.24) is 0 Å². The number of hydrogen-bond donors (Lipinski definition) is 3. The Morgan fingerprint density at radius 1 is 1.02 bits per heavy atom. The van der Waals surface area contributed by atoms with E-state index in [1.54, 1.807) is 33.1 Å². The molecule has 15 atom stereocenters. The third-order valence-electron chi connectivity index (χ3n) is 12.6. The summed E-state index contributed by atoms with van der Waals surface area (Å²) in [5.74, 6) is -6.52. The third kappa shape index (κ3) is 3.69. The summed E-state index contributed by atoms with van der Waals surface area (Å²) in [5.41, 5.74) is -4.51. The number of furan rings is 1. The lowest BCUT2D eigenvalue weighted by Gasteiger charge is -2.71. The molecule has 7 rings (SSSR count). The molecule has 1 aromatic rings. The Balaban J connectivity index is 1.40. The minimum Gasteiger partial charge on any atom is -0.472 e. The van der Waals surface area contributed by atoms with Gasteiger partial charge in [-0.1, -0.05) is 20.8 Å². The SMILES string of the molecule is CC(=O)O[C@H]1[C@@H](OC(C)=O)[C@]2(C)C(OC(=O)C(C)C)OC[C@]3([C@H]4C(=O)[C@H](O)[C@@]5(C)[C@H](c6ccoc6)C[C@H]6O[C@]65C4C(O)C[C@@H]23)[C@H]1O. The van der Waals surface area contributed by atoms with E-state index in [0.717, 1.165) is 19.4 Å². The lowest BCUT2D eigenvalue weighted by atomic mass is 9.37. The molecule has 252 valence electrons. The maximum atomic E-state index is 14.8. The largest absolute Gasteiger partial charge is 0.472 e. The van der Waals surface area contributed by atoms with Crippen LogP contribution in [0.2, 0.25) is 0 Å². The van der Waals surface area contributed by atoms with Crippen molar-refractivity contribution in [3.05, 3.63) is 24.2 Å². The molecule has 13 heteroatoms. The summed E-state index contributed by atoms with van der Waals surface area (Å²) in [7, 11) is 0. The molecule has 0 aromatic carbocycles. The Kier molecular flexibility index (Phi) is 6.96. The number of aliphatic hydroxyl groups is 3. The number of rotatable bonds is 5. The fraction of sp³-hybridized carbons (Fsp3) is 0.758. The van der Waals surface area contributed by atoms with Gasteiger partial charge in [0.05, 0.1) is 42.7 Å². The van der Waals surface area contributed by atoms with Crippen LogP contribution in [0.5, 0.6) is 0 Å². The van der Waals surface area contributed by atoms with E-state index in [4.69, 9.17) is 28.1 Å². The summed E-state index contributed by atoms with van der Waals surface area (Å²) in [4.78, 5) is 52.7. The summed E-state index contributed by atoms with van der Waals surface area (Å²) < 4.78 is 35.4. The smallest absolute Gasteiger partial charge is 0.310 e. The van der Waals surface area contributed by atoms with Gasteiger partial charge in [0.2, 0.25) is 6.29 Å². The highest BCUT2D eigenvalue weighted by molar-refractivity contribution is 5.90. The molecule has 3 unspecified atom stereocenters. The Labute approximate surface area is 265 Å². The van der Waals surface area contributed by atoms with Crippen molar-refractivity contribution in [2.24, 2.45) is 39.9 Å². The monoisotopic (exact) mass is 646 g/mol. The standard InChI is InChI=1S/C33H42O13/c1-13(2)28(40)45-29-30(5)19-10-18(36)21-22(32(19,12-42-29)26(39)24(43-14(3)34)27(30)44-15(4)35)23(37)25(38)31(6)17(16-7-8-41-11-16)9-20-33(21,31)46-20/h7-8,11,13,17-22,24-27,29,36,38-39H,9-10,12H2,1-6H3/t17-,18?,19-,20+,21?,22+,24+,25-,26-,27+,29?,30+,31+,32-,33-/m0/s1. The minimum atomic E-state index is -1.64. The van der Waals surface area contributed by atoms with Crippen LogP contribution in [0, 0.1) is 39.9 Å². The molecule has 0 radical (unpaired) electrons. The van der Waals surface area contributed by atoms with Crippen LogP contribution in [0.25, 0.3) is 0 Å². The molecule has 3 heterocycles. The highest BCUT2D eigenvalue weighted by atomic mass is 16.7. The highest BCUT2D eigenvalue weighted by Gasteiger charge is 2.89. The van der Waals surface area contributed by atoms with Crippen molar-refractivity contribution >= 4 is 23.7 Å². The van der Waals surface area contributed by atoms with Gasteiger partial charge in [0.15, 0.2) is 18.0 Å². The van der Waals surface area contributed by atoms with E-state index in [0.29, 0.717) is 6.42 Å². The zero-order chi connectivity index (χ0) is 33.3.